The van der Waals surface area contributed by atoms with Crippen LogP contribution in [0.2, 0.25) is 0 Å². The van der Waals surface area contributed by atoms with Gasteiger partial charge in [0.15, 0.2) is 5.16 Å². The van der Waals surface area contributed by atoms with E-state index >= 15 is 0 Å². The summed E-state index contributed by atoms with van der Waals surface area (Å²) in [4.78, 5) is 14.8. The third-order valence-corrected chi connectivity index (χ3v) is 3.82. The maximum atomic E-state index is 11.0. The first-order valence-electron chi connectivity index (χ1n) is 5.67. The van der Waals surface area contributed by atoms with Gasteiger partial charge in [-0.1, -0.05) is 23.9 Å². The first kappa shape index (κ1) is 13.4. The molecule has 0 saturated carbocycles. The lowest BCUT2D eigenvalue weighted by Gasteiger charge is -2.09. The Labute approximate surface area is 115 Å². The zero-order valence-electron chi connectivity index (χ0n) is 10.7. The van der Waals surface area contributed by atoms with E-state index in [2.05, 4.69) is 10.3 Å². The number of hydrogen-bond acceptors (Lipinski definition) is 5. The zero-order chi connectivity index (χ0) is 13.8. The second-order valence-electron chi connectivity index (χ2n) is 3.93. The van der Waals surface area contributed by atoms with Crippen molar-refractivity contribution in [1.82, 2.24) is 9.55 Å². The van der Waals surface area contributed by atoms with Gasteiger partial charge in [-0.3, -0.25) is 10.1 Å². The van der Waals surface area contributed by atoms with Crippen molar-refractivity contribution < 1.29 is 4.92 Å². The number of nitrogens with zero attached hydrogens (tertiary/aromatic N) is 3. The highest BCUT2D eigenvalue weighted by molar-refractivity contribution is 7.98. The number of nitrogens with one attached hydrogen (secondary N) is 1. The summed E-state index contributed by atoms with van der Waals surface area (Å²) in [5.41, 5.74) is 1.55. The number of nitro groups is 1. The minimum atomic E-state index is -0.374. The average Bonchev–Trinajstić information content (AvgIpc) is 2.81. The normalized spacial score (nSPS) is 10.4. The van der Waals surface area contributed by atoms with Crippen LogP contribution in [-0.2, 0) is 12.8 Å². The Balaban J connectivity index is 2.23. The fourth-order valence-electron chi connectivity index (χ4n) is 1.78. The summed E-state index contributed by atoms with van der Waals surface area (Å²) in [6, 6.07) is 5.09. The molecule has 1 aromatic carbocycles. The molecule has 0 fully saturated rings. The maximum absolute atomic E-state index is 11.0. The quantitative estimate of drug-likeness (QED) is 0.517. The van der Waals surface area contributed by atoms with Crippen LogP contribution in [0.1, 0.15) is 5.56 Å². The highest BCUT2D eigenvalue weighted by Crippen LogP contribution is 2.31. The number of rotatable bonds is 5. The Kier molecular flexibility index (Phi) is 4.06. The van der Waals surface area contributed by atoms with Crippen LogP contribution in [0.15, 0.2) is 35.7 Å². The van der Waals surface area contributed by atoms with Crippen LogP contribution < -0.4 is 5.32 Å². The first-order valence-corrected chi connectivity index (χ1v) is 6.66. The Morgan fingerprint density at radius 3 is 2.89 bits per heavy atom. The van der Waals surface area contributed by atoms with E-state index in [0.29, 0.717) is 11.4 Å². The van der Waals surface area contributed by atoms with Crippen molar-refractivity contribution in [2.45, 2.75) is 10.9 Å². The Bertz CT molecular complexity index is 597. The zero-order valence-corrected chi connectivity index (χ0v) is 11.5. The second kappa shape index (κ2) is 5.75. The number of hydrogen-bond donors (Lipinski definition) is 1. The molecule has 0 aliphatic heterocycles. The van der Waals surface area contributed by atoms with E-state index in [4.69, 9.17) is 0 Å². The predicted molar refractivity (Wildman–Crippen MR) is 75.4 cm³/mol. The molecule has 0 aliphatic carbocycles. The van der Waals surface area contributed by atoms with Crippen LogP contribution in [-0.4, -0.2) is 21.5 Å². The lowest BCUT2D eigenvalue weighted by atomic mass is 10.1. The molecule has 1 N–H and O–H groups in total. The van der Waals surface area contributed by atoms with Gasteiger partial charge in [-0.05, 0) is 5.56 Å². The van der Waals surface area contributed by atoms with Crippen LogP contribution in [0, 0.1) is 10.1 Å². The summed E-state index contributed by atoms with van der Waals surface area (Å²) in [7, 11) is 3.61. The van der Waals surface area contributed by atoms with Crippen LogP contribution in [0.25, 0.3) is 0 Å². The molecule has 6 nitrogen and oxygen atoms in total. The molecule has 19 heavy (non-hydrogen) atoms. The van der Waals surface area contributed by atoms with E-state index in [1.54, 1.807) is 31.1 Å². The summed E-state index contributed by atoms with van der Waals surface area (Å²) < 4.78 is 1.92. The van der Waals surface area contributed by atoms with E-state index in [9.17, 15) is 10.1 Å². The second-order valence-corrected chi connectivity index (χ2v) is 4.87. The van der Waals surface area contributed by atoms with E-state index in [-0.39, 0.29) is 10.6 Å². The van der Waals surface area contributed by atoms with Crippen LogP contribution in [0.5, 0.6) is 0 Å². The fraction of sp³-hybridized carbons (Fsp3) is 0.250. The molecule has 0 atom stereocenters. The third kappa shape index (κ3) is 2.87. The fourth-order valence-corrected chi connectivity index (χ4v) is 2.71. The van der Waals surface area contributed by atoms with Gasteiger partial charge in [0, 0.05) is 38.3 Å². The molecule has 1 heterocycles. The van der Waals surface area contributed by atoms with E-state index in [0.717, 1.165) is 10.7 Å². The molecule has 0 unspecified atom stereocenters. The minimum Gasteiger partial charge on any atom is -0.382 e. The molecular formula is C12H14N4O2S. The summed E-state index contributed by atoms with van der Waals surface area (Å²) in [5.74, 6) is 0.628. The molecule has 0 aliphatic rings. The SMILES string of the molecule is CNc1c(CSc2nccn2C)cccc1[N+](=O)[O-]. The summed E-state index contributed by atoms with van der Waals surface area (Å²) in [6.45, 7) is 0. The van der Waals surface area contributed by atoms with Crippen molar-refractivity contribution in [2.24, 2.45) is 7.05 Å². The maximum Gasteiger partial charge on any atom is 0.292 e. The molecule has 2 aromatic rings. The number of anilines is 1. The van der Waals surface area contributed by atoms with Crippen molar-refractivity contribution in [2.75, 3.05) is 12.4 Å². The van der Waals surface area contributed by atoms with Crippen molar-refractivity contribution in [3.05, 3.63) is 46.3 Å². The molecule has 1 aromatic heterocycles. The third-order valence-electron chi connectivity index (χ3n) is 2.71. The number of aryl methyl sites for hydroxylation is 1. The summed E-state index contributed by atoms with van der Waals surface area (Å²) >= 11 is 1.55. The number of imidazole rings is 1. The highest BCUT2D eigenvalue weighted by atomic mass is 32.2. The number of para-hydroxylation sites is 1. The highest BCUT2D eigenvalue weighted by Gasteiger charge is 2.16. The summed E-state index contributed by atoms with van der Waals surface area (Å²) in [5, 5.41) is 14.8. The van der Waals surface area contributed by atoms with Gasteiger partial charge in [-0.15, -0.1) is 0 Å². The van der Waals surface area contributed by atoms with Gasteiger partial charge in [0.2, 0.25) is 0 Å². The topological polar surface area (TPSA) is 73.0 Å². The molecule has 7 heteroatoms. The van der Waals surface area contributed by atoms with E-state index in [1.165, 1.54) is 6.07 Å². The van der Waals surface area contributed by atoms with Crippen molar-refractivity contribution in [3.8, 4) is 0 Å². The molecule has 100 valence electrons. The minimum absolute atomic E-state index is 0.0976. The van der Waals surface area contributed by atoms with Crippen molar-refractivity contribution in [3.63, 3.8) is 0 Å². The molecule has 0 radical (unpaired) electrons. The monoisotopic (exact) mass is 278 g/mol. The number of aromatic nitrogens is 2. The largest absolute Gasteiger partial charge is 0.382 e. The van der Waals surface area contributed by atoms with Crippen LogP contribution in [0.4, 0.5) is 11.4 Å². The molecule has 0 bridgehead atoms. The molecule has 2 rings (SSSR count). The van der Waals surface area contributed by atoms with Gasteiger partial charge in [-0.25, -0.2) is 4.98 Å². The number of benzene rings is 1. The number of nitro benzene ring substituents is 1. The smallest absolute Gasteiger partial charge is 0.292 e. The average molecular weight is 278 g/mol. The molecular weight excluding hydrogens is 264 g/mol. The van der Waals surface area contributed by atoms with Gasteiger partial charge >= 0.3 is 0 Å². The van der Waals surface area contributed by atoms with Crippen LogP contribution in [0.3, 0.4) is 0 Å². The predicted octanol–water partition coefficient (Wildman–Crippen LogP) is 2.66. The Hall–Kier alpha value is -2.02. The van der Waals surface area contributed by atoms with E-state index < -0.39 is 0 Å². The van der Waals surface area contributed by atoms with Crippen LogP contribution >= 0.6 is 11.8 Å². The van der Waals surface area contributed by atoms with Gasteiger partial charge < -0.3 is 9.88 Å². The van der Waals surface area contributed by atoms with Gasteiger partial charge in [0.25, 0.3) is 5.69 Å². The Morgan fingerprint density at radius 1 is 1.53 bits per heavy atom. The molecule has 0 amide bonds. The van der Waals surface area contributed by atoms with Gasteiger partial charge in [-0.2, -0.15) is 0 Å². The molecule has 0 saturated heterocycles. The molecule has 0 spiro atoms. The first-order chi connectivity index (χ1) is 9.13. The lowest BCUT2D eigenvalue weighted by molar-refractivity contribution is -0.384. The van der Waals surface area contributed by atoms with E-state index in [1.807, 2.05) is 23.9 Å². The summed E-state index contributed by atoms with van der Waals surface area (Å²) in [6.07, 6.45) is 3.60. The van der Waals surface area contributed by atoms with Gasteiger partial charge in [0.05, 0.1) is 4.92 Å². The van der Waals surface area contributed by atoms with Crippen molar-refractivity contribution in [1.29, 1.82) is 0 Å². The van der Waals surface area contributed by atoms with Gasteiger partial charge in [0.1, 0.15) is 5.69 Å². The Morgan fingerprint density at radius 2 is 2.32 bits per heavy atom. The van der Waals surface area contributed by atoms with Crippen molar-refractivity contribution >= 4 is 23.1 Å². The lowest BCUT2D eigenvalue weighted by Crippen LogP contribution is -2.00. The standard InChI is InChI=1S/C12H14N4O2S/c1-13-11-9(4-3-5-10(11)16(17)18)8-19-12-14-6-7-15(12)2/h3-7,13H,8H2,1-2H3. The number of thioether (sulfide) groups is 1.